The topological polar surface area (TPSA) is 89.3 Å². The molecular weight excluding hydrogens is 402 g/mol. The maximum Gasteiger partial charge on any atom is 0.240 e. The zero-order valence-corrected chi connectivity index (χ0v) is 16.5. The lowest BCUT2D eigenvalue weighted by Crippen LogP contribution is -2.46. The van der Waals surface area contributed by atoms with Crippen molar-refractivity contribution in [3.63, 3.8) is 0 Å². The summed E-state index contributed by atoms with van der Waals surface area (Å²) in [6.45, 7) is 0. The molecule has 0 saturated heterocycles. The van der Waals surface area contributed by atoms with Gasteiger partial charge in [0.05, 0.1) is 6.42 Å². The van der Waals surface area contributed by atoms with E-state index in [1.807, 2.05) is 6.07 Å². The number of carbonyl (C=O) groups excluding carboxylic acids is 3. The van der Waals surface area contributed by atoms with Gasteiger partial charge in [-0.2, -0.15) is 0 Å². The SMILES string of the molecule is NC(=O)[C@@H](Cc1ccc(C(=O)c2ccccc2)cc1)NC(=O)Cc1ccc(F)c(F)c1. The quantitative estimate of drug-likeness (QED) is 0.547. The smallest absolute Gasteiger partial charge is 0.240 e. The van der Waals surface area contributed by atoms with E-state index in [0.29, 0.717) is 16.7 Å². The van der Waals surface area contributed by atoms with Crippen LogP contribution < -0.4 is 11.1 Å². The molecule has 2 amide bonds. The summed E-state index contributed by atoms with van der Waals surface area (Å²) in [5.41, 5.74) is 7.43. The van der Waals surface area contributed by atoms with Crippen molar-refractivity contribution >= 4 is 17.6 Å². The fourth-order valence-electron chi connectivity index (χ4n) is 3.09. The van der Waals surface area contributed by atoms with Crippen molar-refractivity contribution in [3.05, 3.63) is 107 Å². The highest BCUT2D eigenvalue weighted by molar-refractivity contribution is 6.08. The van der Waals surface area contributed by atoms with E-state index in [9.17, 15) is 23.2 Å². The second kappa shape index (κ2) is 9.75. The Morgan fingerprint density at radius 2 is 1.42 bits per heavy atom. The van der Waals surface area contributed by atoms with Gasteiger partial charge in [-0.05, 0) is 23.3 Å². The van der Waals surface area contributed by atoms with Crippen LogP contribution in [0.3, 0.4) is 0 Å². The molecule has 0 radical (unpaired) electrons. The second-order valence-electron chi connectivity index (χ2n) is 7.04. The Labute approximate surface area is 177 Å². The molecule has 3 rings (SSSR count). The molecule has 0 unspecified atom stereocenters. The van der Waals surface area contributed by atoms with Crippen molar-refractivity contribution in [3.8, 4) is 0 Å². The van der Waals surface area contributed by atoms with E-state index < -0.39 is 29.5 Å². The fourth-order valence-corrected chi connectivity index (χ4v) is 3.09. The molecule has 0 aliphatic carbocycles. The van der Waals surface area contributed by atoms with Gasteiger partial charge < -0.3 is 11.1 Å². The summed E-state index contributed by atoms with van der Waals surface area (Å²) in [7, 11) is 0. The number of carbonyl (C=O) groups is 3. The van der Waals surface area contributed by atoms with Crippen LogP contribution in [0.15, 0.2) is 72.8 Å². The third kappa shape index (κ3) is 5.82. The van der Waals surface area contributed by atoms with Crippen LogP contribution in [0.2, 0.25) is 0 Å². The standard InChI is InChI=1S/C24H20F2N2O3/c25-19-11-8-16(12-20(19)26)14-22(29)28-21(24(27)31)13-15-6-9-18(10-7-15)23(30)17-4-2-1-3-5-17/h1-12,21H,13-14H2,(H2,27,31)(H,28,29)/t21-/m1/s1. The molecule has 0 saturated carbocycles. The predicted octanol–water partition coefficient (Wildman–Crippen LogP) is 2.95. The van der Waals surface area contributed by atoms with Gasteiger partial charge in [0.25, 0.3) is 0 Å². The van der Waals surface area contributed by atoms with Gasteiger partial charge in [0.15, 0.2) is 17.4 Å². The molecular formula is C24H20F2N2O3. The third-order valence-electron chi connectivity index (χ3n) is 4.72. The average molecular weight is 422 g/mol. The number of hydrogen-bond donors (Lipinski definition) is 2. The summed E-state index contributed by atoms with van der Waals surface area (Å²) in [5.74, 6) is -3.47. The molecule has 3 aromatic carbocycles. The number of nitrogens with two attached hydrogens (primary N) is 1. The fraction of sp³-hybridized carbons (Fsp3) is 0.125. The highest BCUT2D eigenvalue weighted by atomic mass is 19.2. The first-order valence-corrected chi connectivity index (χ1v) is 9.55. The van der Waals surface area contributed by atoms with Crippen LogP contribution in [-0.2, 0) is 22.4 Å². The van der Waals surface area contributed by atoms with E-state index in [4.69, 9.17) is 5.73 Å². The molecule has 0 spiro atoms. The van der Waals surface area contributed by atoms with E-state index in [1.165, 1.54) is 6.07 Å². The molecule has 0 aliphatic heterocycles. The number of benzene rings is 3. The van der Waals surface area contributed by atoms with Crippen LogP contribution in [0.25, 0.3) is 0 Å². The summed E-state index contributed by atoms with van der Waals surface area (Å²) < 4.78 is 26.3. The number of halogens is 2. The lowest BCUT2D eigenvalue weighted by molar-refractivity contribution is -0.127. The van der Waals surface area contributed by atoms with Gasteiger partial charge in [0.2, 0.25) is 11.8 Å². The molecule has 7 heteroatoms. The van der Waals surface area contributed by atoms with Gasteiger partial charge in [0.1, 0.15) is 6.04 Å². The maximum absolute atomic E-state index is 13.3. The van der Waals surface area contributed by atoms with Crippen molar-refractivity contribution in [2.45, 2.75) is 18.9 Å². The minimum Gasteiger partial charge on any atom is -0.368 e. The van der Waals surface area contributed by atoms with Crippen molar-refractivity contribution in [1.82, 2.24) is 5.32 Å². The highest BCUT2D eigenvalue weighted by Crippen LogP contribution is 2.13. The molecule has 0 fully saturated rings. The summed E-state index contributed by atoms with van der Waals surface area (Å²) in [6, 6.07) is 17.7. The largest absolute Gasteiger partial charge is 0.368 e. The number of nitrogens with one attached hydrogen (secondary N) is 1. The maximum atomic E-state index is 13.3. The molecule has 3 N–H and O–H groups in total. The van der Waals surface area contributed by atoms with Crippen molar-refractivity contribution in [2.24, 2.45) is 5.73 Å². The Kier molecular flexibility index (Phi) is 6.87. The summed E-state index contributed by atoms with van der Waals surface area (Å²) in [4.78, 5) is 36.5. The number of primary amides is 1. The van der Waals surface area contributed by atoms with Crippen LogP contribution >= 0.6 is 0 Å². The molecule has 1 atom stereocenters. The summed E-state index contributed by atoms with van der Waals surface area (Å²) in [5, 5.41) is 2.51. The van der Waals surface area contributed by atoms with E-state index in [-0.39, 0.29) is 24.2 Å². The first kappa shape index (κ1) is 21.8. The van der Waals surface area contributed by atoms with Crippen molar-refractivity contribution in [2.75, 3.05) is 0 Å². The lowest BCUT2D eigenvalue weighted by atomic mass is 9.99. The molecule has 0 aromatic heterocycles. The number of rotatable bonds is 8. The van der Waals surface area contributed by atoms with Gasteiger partial charge >= 0.3 is 0 Å². The highest BCUT2D eigenvalue weighted by Gasteiger charge is 2.19. The zero-order valence-electron chi connectivity index (χ0n) is 16.5. The molecule has 31 heavy (non-hydrogen) atoms. The monoisotopic (exact) mass is 422 g/mol. The summed E-state index contributed by atoms with van der Waals surface area (Å²) in [6.07, 6.45) is -0.107. The van der Waals surface area contributed by atoms with Crippen molar-refractivity contribution < 1.29 is 23.2 Å². The Bertz CT molecular complexity index is 1100. The van der Waals surface area contributed by atoms with Gasteiger partial charge in [0, 0.05) is 17.5 Å². The molecule has 3 aromatic rings. The molecule has 0 bridgehead atoms. The van der Waals surface area contributed by atoms with Crippen LogP contribution in [0.4, 0.5) is 8.78 Å². The first-order chi connectivity index (χ1) is 14.8. The van der Waals surface area contributed by atoms with E-state index in [0.717, 1.165) is 12.1 Å². The minimum absolute atomic E-state index is 0.124. The van der Waals surface area contributed by atoms with Crippen molar-refractivity contribution in [1.29, 1.82) is 0 Å². The zero-order chi connectivity index (χ0) is 22.4. The normalized spacial score (nSPS) is 11.5. The van der Waals surface area contributed by atoms with E-state index in [1.54, 1.807) is 48.5 Å². The Morgan fingerprint density at radius 1 is 0.806 bits per heavy atom. The molecule has 158 valence electrons. The molecule has 5 nitrogen and oxygen atoms in total. The van der Waals surface area contributed by atoms with Crippen LogP contribution in [0, 0.1) is 11.6 Å². The number of hydrogen-bond acceptors (Lipinski definition) is 3. The minimum atomic E-state index is -1.05. The first-order valence-electron chi connectivity index (χ1n) is 9.55. The molecule has 0 heterocycles. The number of ketones is 1. The Hall–Kier alpha value is -3.87. The van der Waals surface area contributed by atoms with Gasteiger partial charge in [-0.25, -0.2) is 8.78 Å². The average Bonchev–Trinajstić information content (AvgIpc) is 2.76. The van der Waals surface area contributed by atoms with Gasteiger partial charge in [-0.3, -0.25) is 14.4 Å². The van der Waals surface area contributed by atoms with Crippen LogP contribution in [0.1, 0.15) is 27.0 Å². The van der Waals surface area contributed by atoms with Crippen LogP contribution in [-0.4, -0.2) is 23.6 Å². The molecule has 0 aliphatic rings. The van der Waals surface area contributed by atoms with E-state index >= 15 is 0 Å². The Morgan fingerprint density at radius 3 is 2.03 bits per heavy atom. The van der Waals surface area contributed by atoms with Gasteiger partial charge in [-0.1, -0.05) is 60.7 Å². The summed E-state index contributed by atoms with van der Waals surface area (Å²) >= 11 is 0. The number of amides is 2. The Balaban J connectivity index is 1.64. The van der Waals surface area contributed by atoms with Gasteiger partial charge in [-0.15, -0.1) is 0 Å². The lowest BCUT2D eigenvalue weighted by Gasteiger charge is -2.16. The third-order valence-corrected chi connectivity index (χ3v) is 4.72. The van der Waals surface area contributed by atoms with Crippen LogP contribution in [0.5, 0.6) is 0 Å². The predicted molar refractivity (Wildman–Crippen MR) is 111 cm³/mol. The second-order valence-corrected chi connectivity index (χ2v) is 7.04. The van der Waals surface area contributed by atoms with E-state index in [2.05, 4.69) is 5.32 Å².